The second-order valence-corrected chi connectivity index (χ2v) is 3.70. The van der Waals surface area contributed by atoms with Crippen LogP contribution in [0.25, 0.3) is 0 Å². The van der Waals surface area contributed by atoms with Crippen molar-refractivity contribution in [1.82, 2.24) is 9.78 Å². The second-order valence-electron chi connectivity index (χ2n) is 3.70. The van der Waals surface area contributed by atoms with Crippen LogP contribution in [0.1, 0.15) is 37.8 Å². The topological polar surface area (TPSA) is 17.8 Å². The molecular formula is C10H15FN2. The van der Waals surface area contributed by atoms with Gasteiger partial charge in [0.15, 0.2) is 0 Å². The molecule has 0 saturated heterocycles. The Morgan fingerprint density at radius 3 is 3.00 bits per heavy atom. The number of nitrogens with zero attached hydrogens (tertiary/aromatic N) is 2. The molecule has 1 heterocycles. The van der Waals surface area contributed by atoms with Crippen LogP contribution in [0.15, 0.2) is 12.4 Å². The highest BCUT2D eigenvalue weighted by molar-refractivity contribution is 5.04. The minimum atomic E-state index is -0.690. The van der Waals surface area contributed by atoms with Crippen molar-refractivity contribution < 1.29 is 4.39 Å². The molecule has 0 radical (unpaired) electrons. The third kappa shape index (κ3) is 1.60. The van der Waals surface area contributed by atoms with Crippen molar-refractivity contribution in [3.63, 3.8) is 0 Å². The first-order valence-electron chi connectivity index (χ1n) is 4.98. The molecule has 0 aromatic carbocycles. The average molecular weight is 182 g/mol. The van der Waals surface area contributed by atoms with E-state index in [2.05, 4.69) is 12.0 Å². The van der Waals surface area contributed by atoms with Gasteiger partial charge < -0.3 is 0 Å². The van der Waals surface area contributed by atoms with Gasteiger partial charge in [0.25, 0.3) is 0 Å². The fraction of sp³-hybridized carbons (Fsp3) is 0.700. The van der Waals surface area contributed by atoms with Crippen LogP contribution in [0.2, 0.25) is 0 Å². The van der Waals surface area contributed by atoms with Crippen LogP contribution in [0.3, 0.4) is 0 Å². The lowest BCUT2D eigenvalue weighted by atomic mass is 10.2. The molecule has 0 amide bonds. The Hall–Kier alpha value is -0.860. The molecule has 1 aromatic rings. The number of aromatic nitrogens is 2. The minimum absolute atomic E-state index is 0.000278. The predicted octanol–water partition coefficient (Wildman–Crippen LogP) is 2.51. The lowest BCUT2D eigenvalue weighted by molar-refractivity contribution is 0.250. The largest absolute Gasteiger partial charge is 0.266 e. The monoisotopic (exact) mass is 182 g/mol. The van der Waals surface area contributed by atoms with Crippen LogP contribution in [-0.4, -0.2) is 16.0 Å². The summed E-state index contributed by atoms with van der Waals surface area (Å²) in [6, 6.07) is 0.000278. The van der Waals surface area contributed by atoms with Gasteiger partial charge in [0.1, 0.15) is 6.17 Å². The number of hydrogen-bond donors (Lipinski definition) is 0. The first-order chi connectivity index (χ1) is 6.31. The van der Waals surface area contributed by atoms with E-state index >= 15 is 0 Å². The lowest BCUT2D eigenvalue weighted by Gasteiger charge is -2.12. The predicted molar refractivity (Wildman–Crippen MR) is 49.4 cm³/mol. The van der Waals surface area contributed by atoms with E-state index in [1.165, 1.54) is 5.56 Å². The quantitative estimate of drug-likeness (QED) is 0.687. The van der Waals surface area contributed by atoms with Crippen LogP contribution in [0, 0.1) is 0 Å². The highest BCUT2D eigenvalue weighted by Crippen LogP contribution is 2.31. The van der Waals surface area contributed by atoms with Crippen LogP contribution in [0.4, 0.5) is 4.39 Å². The highest BCUT2D eigenvalue weighted by atomic mass is 19.1. The Balaban J connectivity index is 2.15. The molecule has 1 aromatic heterocycles. The fourth-order valence-electron chi connectivity index (χ4n) is 1.93. The van der Waals surface area contributed by atoms with E-state index in [4.69, 9.17) is 0 Å². The van der Waals surface area contributed by atoms with Crippen molar-refractivity contribution in [2.24, 2.45) is 0 Å². The Kier molecular flexibility index (Phi) is 2.34. The molecule has 0 bridgehead atoms. The Morgan fingerprint density at radius 2 is 2.46 bits per heavy atom. The summed E-state index contributed by atoms with van der Waals surface area (Å²) in [7, 11) is 0. The molecular weight excluding hydrogens is 167 g/mol. The van der Waals surface area contributed by atoms with Gasteiger partial charge in [-0.15, -0.1) is 0 Å². The van der Waals surface area contributed by atoms with E-state index < -0.39 is 6.17 Å². The van der Waals surface area contributed by atoms with Gasteiger partial charge in [0, 0.05) is 6.20 Å². The summed E-state index contributed by atoms with van der Waals surface area (Å²) in [5.74, 6) is 0. The molecule has 1 aliphatic rings. The van der Waals surface area contributed by atoms with Crippen LogP contribution in [0.5, 0.6) is 0 Å². The summed E-state index contributed by atoms with van der Waals surface area (Å²) in [5.41, 5.74) is 1.19. The van der Waals surface area contributed by atoms with Gasteiger partial charge in [0.2, 0.25) is 0 Å². The summed E-state index contributed by atoms with van der Waals surface area (Å²) < 4.78 is 15.1. The fourth-order valence-corrected chi connectivity index (χ4v) is 1.93. The number of hydrogen-bond acceptors (Lipinski definition) is 1. The first-order valence-corrected chi connectivity index (χ1v) is 4.98. The number of rotatable bonds is 2. The minimum Gasteiger partial charge on any atom is -0.266 e. The molecule has 1 saturated carbocycles. The molecule has 0 aliphatic heterocycles. The molecule has 1 aliphatic carbocycles. The van der Waals surface area contributed by atoms with E-state index in [-0.39, 0.29) is 6.04 Å². The molecule has 0 N–H and O–H groups in total. The summed E-state index contributed by atoms with van der Waals surface area (Å²) in [6.45, 7) is 2.09. The van der Waals surface area contributed by atoms with Crippen molar-refractivity contribution in [2.75, 3.05) is 0 Å². The van der Waals surface area contributed by atoms with E-state index in [9.17, 15) is 4.39 Å². The summed E-state index contributed by atoms with van der Waals surface area (Å²) in [6.07, 6.45) is 6.73. The van der Waals surface area contributed by atoms with Gasteiger partial charge in [-0.25, -0.2) is 4.39 Å². The van der Waals surface area contributed by atoms with Crippen LogP contribution < -0.4 is 0 Å². The Morgan fingerprint density at radius 1 is 1.62 bits per heavy atom. The number of aryl methyl sites for hydroxylation is 1. The maximum atomic E-state index is 13.3. The zero-order chi connectivity index (χ0) is 9.26. The van der Waals surface area contributed by atoms with Crippen molar-refractivity contribution in [1.29, 1.82) is 0 Å². The molecule has 0 spiro atoms. The van der Waals surface area contributed by atoms with Crippen molar-refractivity contribution >= 4 is 0 Å². The van der Waals surface area contributed by atoms with E-state index in [0.29, 0.717) is 6.42 Å². The molecule has 2 atom stereocenters. The van der Waals surface area contributed by atoms with Crippen LogP contribution >= 0.6 is 0 Å². The molecule has 2 rings (SSSR count). The van der Waals surface area contributed by atoms with Gasteiger partial charge in [0.05, 0.1) is 12.2 Å². The summed E-state index contributed by atoms with van der Waals surface area (Å²) >= 11 is 0. The van der Waals surface area contributed by atoms with Gasteiger partial charge in [-0.2, -0.15) is 5.10 Å². The number of halogens is 1. The SMILES string of the molecule is CCc1cnn(C2CCCC2F)c1. The van der Waals surface area contributed by atoms with Gasteiger partial charge in [-0.3, -0.25) is 4.68 Å². The van der Waals surface area contributed by atoms with Crippen molar-refractivity contribution in [3.8, 4) is 0 Å². The van der Waals surface area contributed by atoms with E-state index in [1.807, 2.05) is 12.4 Å². The van der Waals surface area contributed by atoms with Crippen LogP contribution in [-0.2, 0) is 6.42 Å². The van der Waals surface area contributed by atoms with E-state index in [1.54, 1.807) is 4.68 Å². The van der Waals surface area contributed by atoms with Gasteiger partial charge in [-0.05, 0) is 31.2 Å². The standard InChI is InChI=1S/C10H15FN2/c1-2-8-6-12-13(7-8)10-5-3-4-9(10)11/h6-7,9-10H,2-5H2,1H3. The molecule has 3 heteroatoms. The lowest BCUT2D eigenvalue weighted by Crippen LogP contribution is -2.14. The molecule has 1 fully saturated rings. The smallest absolute Gasteiger partial charge is 0.122 e. The number of alkyl halides is 1. The molecule has 2 nitrogen and oxygen atoms in total. The zero-order valence-electron chi connectivity index (χ0n) is 7.91. The normalized spacial score (nSPS) is 28.2. The third-order valence-electron chi connectivity index (χ3n) is 2.80. The van der Waals surface area contributed by atoms with E-state index in [0.717, 1.165) is 19.3 Å². The van der Waals surface area contributed by atoms with Crippen molar-refractivity contribution in [3.05, 3.63) is 18.0 Å². The Labute approximate surface area is 77.8 Å². The summed E-state index contributed by atoms with van der Waals surface area (Å²) in [5, 5.41) is 4.20. The molecule has 13 heavy (non-hydrogen) atoms. The second kappa shape index (κ2) is 3.48. The highest BCUT2D eigenvalue weighted by Gasteiger charge is 2.28. The van der Waals surface area contributed by atoms with Crippen molar-refractivity contribution in [2.45, 2.75) is 44.8 Å². The molecule has 2 unspecified atom stereocenters. The maximum Gasteiger partial charge on any atom is 0.122 e. The van der Waals surface area contributed by atoms with Gasteiger partial charge in [-0.1, -0.05) is 6.92 Å². The summed E-state index contributed by atoms with van der Waals surface area (Å²) in [4.78, 5) is 0. The first kappa shape index (κ1) is 8.73. The third-order valence-corrected chi connectivity index (χ3v) is 2.80. The Bertz CT molecular complexity index is 282. The zero-order valence-corrected chi connectivity index (χ0v) is 7.91. The average Bonchev–Trinajstić information content (AvgIpc) is 2.71. The molecule has 72 valence electrons. The van der Waals surface area contributed by atoms with Gasteiger partial charge >= 0.3 is 0 Å². The maximum absolute atomic E-state index is 13.3.